The van der Waals surface area contributed by atoms with Crippen LogP contribution in [0.15, 0.2) is 48.5 Å². The van der Waals surface area contributed by atoms with Gasteiger partial charge in [-0.1, -0.05) is 48.4 Å². The summed E-state index contributed by atoms with van der Waals surface area (Å²) in [7, 11) is 0. The summed E-state index contributed by atoms with van der Waals surface area (Å²) < 4.78 is 0. The van der Waals surface area contributed by atoms with E-state index in [-0.39, 0.29) is 11.7 Å². The summed E-state index contributed by atoms with van der Waals surface area (Å²) >= 11 is 6.15. The number of rotatable bonds is 5. The Balaban J connectivity index is 1.49. The van der Waals surface area contributed by atoms with Gasteiger partial charge in [0.1, 0.15) is 0 Å². The largest absolute Gasteiger partial charge is 0.325 e. The van der Waals surface area contributed by atoms with E-state index in [4.69, 9.17) is 11.6 Å². The second-order valence-corrected chi connectivity index (χ2v) is 8.58. The van der Waals surface area contributed by atoms with Crippen molar-refractivity contribution in [3.8, 4) is 0 Å². The van der Waals surface area contributed by atoms with Gasteiger partial charge in [-0.25, -0.2) is 0 Å². The smallest absolute Gasteiger partial charge is 0.224 e. The van der Waals surface area contributed by atoms with E-state index in [1.54, 1.807) is 30.3 Å². The van der Waals surface area contributed by atoms with E-state index >= 15 is 0 Å². The Kier molecular flexibility index (Phi) is 6.31. The van der Waals surface area contributed by atoms with Gasteiger partial charge in [0, 0.05) is 28.6 Å². The van der Waals surface area contributed by atoms with Gasteiger partial charge in [-0.3, -0.25) is 9.59 Å². The lowest BCUT2D eigenvalue weighted by molar-refractivity contribution is -0.118. The van der Waals surface area contributed by atoms with Crippen molar-refractivity contribution in [1.29, 1.82) is 0 Å². The van der Waals surface area contributed by atoms with Crippen LogP contribution in [-0.4, -0.2) is 35.7 Å². The van der Waals surface area contributed by atoms with Crippen LogP contribution in [-0.2, 0) is 4.79 Å². The van der Waals surface area contributed by atoms with Crippen LogP contribution < -0.4 is 5.32 Å². The first-order valence-electron chi connectivity index (χ1n) is 10.5. The molecule has 0 spiro atoms. The van der Waals surface area contributed by atoms with Gasteiger partial charge in [-0.05, 0) is 62.9 Å². The molecule has 4 rings (SSSR count). The highest BCUT2D eigenvalue weighted by molar-refractivity contribution is 6.31. The topological polar surface area (TPSA) is 49.4 Å². The third kappa shape index (κ3) is 4.71. The second kappa shape index (κ2) is 9.10. The number of anilines is 1. The predicted molar refractivity (Wildman–Crippen MR) is 117 cm³/mol. The first-order valence-corrected chi connectivity index (χ1v) is 10.9. The number of carbonyl (C=O) groups excluding carboxylic acids is 2. The van der Waals surface area contributed by atoms with Crippen LogP contribution in [0.3, 0.4) is 0 Å². The van der Waals surface area contributed by atoms with Crippen molar-refractivity contribution in [1.82, 2.24) is 4.90 Å². The number of nitrogens with zero attached hydrogens (tertiary/aromatic N) is 1. The summed E-state index contributed by atoms with van der Waals surface area (Å²) in [6.07, 6.45) is 6.48. The zero-order valence-corrected chi connectivity index (χ0v) is 17.3. The number of carbonyl (C=O) groups is 2. The van der Waals surface area contributed by atoms with E-state index in [1.807, 2.05) is 18.2 Å². The van der Waals surface area contributed by atoms with E-state index in [0.29, 0.717) is 40.2 Å². The minimum Gasteiger partial charge on any atom is -0.325 e. The standard InChI is InChI=1S/C24H27ClN2O2/c25-19-11-12-21(20(16-19)24(29)17-7-2-1-3-8-17)26-23(28)15-18-9-6-14-27-13-5-4-10-22(18)27/h1-3,7-8,11-12,16,18,22H,4-6,9-10,13-15H2,(H,26,28)/t18-,22+/m0/s1. The molecule has 152 valence electrons. The zero-order valence-electron chi connectivity index (χ0n) is 16.6. The number of halogens is 1. The highest BCUT2D eigenvalue weighted by Crippen LogP contribution is 2.33. The average Bonchev–Trinajstić information content (AvgIpc) is 2.75. The van der Waals surface area contributed by atoms with Gasteiger partial charge in [0.15, 0.2) is 5.78 Å². The normalized spacial score (nSPS) is 22.0. The molecular formula is C24H27ClN2O2. The Labute approximate surface area is 177 Å². The number of hydrogen-bond acceptors (Lipinski definition) is 3. The van der Waals surface area contributed by atoms with Gasteiger partial charge in [0.05, 0.1) is 5.69 Å². The molecule has 2 aliphatic rings. The van der Waals surface area contributed by atoms with E-state index < -0.39 is 0 Å². The highest BCUT2D eigenvalue weighted by atomic mass is 35.5. The monoisotopic (exact) mass is 410 g/mol. The number of ketones is 1. The molecule has 29 heavy (non-hydrogen) atoms. The summed E-state index contributed by atoms with van der Waals surface area (Å²) in [6, 6.07) is 14.7. The van der Waals surface area contributed by atoms with Crippen LogP contribution in [0.2, 0.25) is 5.02 Å². The van der Waals surface area contributed by atoms with Crippen molar-refractivity contribution in [2.45, 2.75) is 44.6 Å². The minimum absolute atomic E-state index is 0.0214. The number of nitrogens with one attached hydrogen (secondary N) is 1. The molecule has 1 amide bonds. The Hall–Kier alpha value is -2.17. The Morgan fingerprint density at radius 1 is 1.00 bits per heavy atom. The molecule has 2 heterocycles. The Bertz CT molecular complexity index is 882. The summed E-state index contributed by atoms with van der Waals surface area (Å²) in [5, 5.41) is 3.47. The van der Waals surface area contributed by atoms with E-state index in [9.17, 15) is 9.59 Å². The average molecular weight is 411 g/mol. The molecule has 0 radical (unpaired) electrons. The lowest BCUT2D eigenvalue weighted by Gasteiger charge is -2.44. The Morgan fingerprint density at radius 3 is 2.62 bits per heavy atom. The van der Waals surface area contributed by atoms with Crippen LogP contribution in [0.1, 0.15) is 54.4 Å². The fourth-order valence-corrected chi connectivity index (χ4v) is 4.99. The van der Waals surface area contributed by atoms with Crippen molar-refractivity contribution in [3.63, 3.8) is 0 Å². The molecule has 2 aliphatic heterocycles. The first kappa shape index (κ1) is 20.1. The van der Waals surface area contributed by atoms with Gasteiger partial charge in [-0.2, -0.15) is 0 Å². The quantitative estimate of drug-likeness (QED) is 0.692. The number of benzene rings is 2. The van der Waals surface area contributed by atoms with Crippen molar-refractivity contribution < 1.29 is 9.59 Å². The SMILES string of the molecule is O=C(C[C@@H]1CCCN2CCCC[C@H]12)Nc1ccc(Cl)cc1C(=O)c1ccccc1. The zero-order chi connectivity index (χ0) is 20.2. The van der Waals surface area contributed by atoms with Crippen LogP contribution in [0.25, 0.3) is 0 Å². The van der Waals surface area contributed by atoms with Crippen LogP contribution in [0.5, 0.6) is 0 Å². The fourth-order valence-electron chi connectivity index (χ4n) is 4.81. The number of fused-ring (bicyclic) bond motifs is 1. The Morgan fingerprint density at radius 2 is 1.79 bits per heavy atom. The van der Waals surface area contributed by atoms with Gasteiger partial charge >= 0.3 is 0 Å². The molecule has 2 fully saturated rings. The van der Waals surface area contributed by atoms with Crippen molar-refractivity contribution in [2.75, 3.05) is 18.4 Å². The molecule has 0 saturated carbocycles. The highest BCUT2D eigenvalue weighted by Gasteiger charge is 2.34. The third-order valence-electron chi connectivity index (χ3n) is 6.21. The molecule has 5 heteroatoms. The number of hydrogen-bond donors (Lipinski definition) is 1. The maximum absolute atomic E-state index is 13.0. The first-order chi connectivity index (χ1) is 14.1. The molecule has 4 nitrogen and oxygen atoms in total. The molecule has 0 aliphatic carbocycles. The predicted octanol–water partition coefficient (Wildman–Crippen LogP) is 5.16. The summed E-state index contributed by atoms with van der Waals surface area (Å²) in [6.45, 7) is 2.32. The van der Waals surface area contributed by atoms with Gasteiger partial charge in [0.25, 0.3) is 0 Å². The molecule has 0 unspecified atom stereocenters. The van der Waals surface area contributed by atoms with Crippen molar-refractivity contribution in [2.24, 2.45) is 5.92 Å². The second-order valence-electron chi connectivity index (χ2n) is 8.14. The van der Waals surface area contributed by atoms with E-state index in [2.05, 4.69) is 10.2 Å². The van der Waals surface area contributed by atoms with E-state index in [1.165, 1.54) is 19.3 Å². The molecule has 2 atom stereocenters. The fraction of sp³-hybridized carbons (Fsp3) is 0.417. The van der Waals surface area contributed by atoms with Crippen LogP contribution >= 0.6 is 11.6 Å². The van der Waals surface area contributed by atoms with Crippen LogP contribution in [0.4, 0.5) is 5.69 Å². The van der Waals surface area contributed by atoms with Gasteiger partial charge in [0.2, 0.25) is 5.91 Å². The molecule has 0 aromatic heterocycles. The molecule has 0 bridgehead atoms. The summed E-state index contributed by atoms with van der Waals surface area (Å²) in [5.74, 6) is 0.232. The van der Waals surface area contributed by atoms with E-state index in [0.717, 1.165) is 25.9 Å². The van der Waals surface area contributed by atoms with Crippen molar-refractivity contribution >= 4 is 29.0 Å². The summed E-state index contributed by atoms with van der Waals surface area (Å²) in [5.41, 5.74) is 1.54. The molecule has 2 saturated heterocycles. The summed E-state index contributed by atoms with van der Waals surface area (Å²) in [4.78, 5) is 28.4. The lowest BCUT2D eigenvalue weighted by Crippen LogP contribution is -2.48. The van der Waals surface area contributed by atoms with Gasteiger partial charge < -0.3 is 10.2 Å². The van der Waals surface area contributed by atoms with Crippen molar-refractivity contribution in [3.05, 3.63) is 64.7 Å². The minimum atomic E-state index is -0.139. The molecule has 2 aromatic carbocycles. The van der Waals surface area contributed by atoms with Gasteiger partial charge in [-0.15, -0.1) is 0 Å². The number of piperidine rings is 2. The third-order valence-corrected chi connectivity index (χ3v) is 6.45. The van der Waals surface area contributed by atoms with Crippen LogP contribution in [0, 0.1) is 5.92 Å². The maximum Gasteiger partial charge on any atom is 0.224 e. The molecule has 1 N–H and O–H groups in total. The molecular weight excluding hydrogens is 384 g/mol. The lowest BCUT2D eigenvalue weighted by atomic mass is 9.81. The number of amides is 1. The maximum atomic E-state index is 13.0. The molecule has 2 aromatic rings.